The second kappa shape index (κ2) is 3.26. The van der Waals surface area contributed by atoms with Crippen LogP contribution in [0.4, 0.5) is 5.82 Å². The molecule has 0 aliphatic heterocycles. The predicted octanol–water partition coefficient (Wildman–Crippen LogP) is 2.85. The van der Waals surface area contributed by atoms with Crippen LogP contribution >= 0.6 is 0 Å². The zero-order valence-electron chi connectivity index (χ0n) is 9.70. The molecule has 2 aromatic heterocycles. The van der Waals surface area contributed by atoms with E-state index in [1.165, 1.54) is 5.56 Å². The van der Waals surface area contributed by atoms with Gasteiger partial charge in [-0.2, -0.15) is 0 Å². The van der Waals surface area contributed by atoms with E-state index in [4.69, 9.17) is 0 Å². The summed E-state index contributed by atoms with van der Waals surface area (Å²) in [6.45, 7) is 8.51. The van der Waals surface area contributed by atoms with Gasteiger partial charge >= 0.3 is 0 Å². The Hall–Kier alpha value is -1.51. The normalized spacial score (nSPS) is 12.0. The largest absolute Gasteiger partial charge is 0.365 e. The third kappa shape index (κ3) is 2.12. The molecular weight excluding hydrogens is 186 g/mol. The molecule has 0 spiro atoms. The van der Waals surface area contributed by atoms with Crippen LogP contribution < -0.4 is 5.32 Å². The molecule has 0 saturated carbocycles. The van der Waals surface area contributed by atoms with E-state index >= 15 is 0 Å². The van der Waals surface area contributed by atoms with Crippen molar-refractivity contribution in [3.8, 4) is 0 Å². The lowest BCUT2D eigenvalue weighted by molar-refractivity contribution is 0.629. The van der Waals surface area contributed by atoms with Crippen LogP contribution in [0.2, 0.25) is 0 Å². The van der Waals surface area contributed by atoms with Gasteiger partial charge in [0, 0.05) is 11.7 Å². The maximum atomic E-state index is 4.34. The van der Waals surface area contributed by atoms with E-state index in [0.29, 0.717) is 0 Å². The number of rotatable bonds is 1. The number of nitrogens with one attached hydrogen (secondary N) is 1. The highest BCUT2D eigenvalue weighted by molar-refractivity contribution is 5.51. The summed E-state index contributed by atoms with van der Waals surface area (Å²) in [6, 6.07) is 4.10. The lowest BCUT2D eigenvalue weighted by atomic mass is 10.1. The average molecular weight is 203 g/mol. The number of aromatic nitrogens is 2. The van der Waals surface area contributed by atoms with Gasteiger partial charge in [-0.3, -0.25) is 4.40 Å². The second-order valence-electron chi connectivity index (χ2n) is 4.95. The number of nitrogens with zero attached hydrogens (tertiary/aromatic N) is 2. The molecule has 0 aromatic carbocycles. The van der Waals surface area contributed by atoms with Gasteiger partial charge < -0.3 is 5.32 Å². The maximum Gasteiger partial charge on any atom is 0.138 e. The number of hydrogen-bond donors (Lipinski definition) is 1. The van der Waals surface area contributed by atoms with Crippen molar-refractivity contribution in [1.29, 1.82) is 0 Å². The summed E-state index contributed by atoms with van der Waals surface area (Å²) in [4.78, 5) is 4.34. The number of aryl methyl sites for hydroxylation is 1. The van der Waals surface area contributed by atoms with Gasteiger partial charge in [-0.05, 0) is 39.3 Å². The predicted molar refractivity (Wildman–Crippen MR) is 63.3 cm³/mol. The Morgan fingerprint density at radius 1 is 1.27 bits per heavy atom. The van der Waals surface area contributed by atoms with Crippen molar-refractivity contribution in [2.24, 2.45) is 0 Å². The van der Waals surface area contributed by atoms with Crippen LogP contribution in [0.3, 0.4) is 0 Å². The molecule has 2 aromatic rings. The first-order valence-electron chi connectivity index (χ1n) is 5.18. The van der Waals surface area contributed by atoms with Crippen LogP contribution in [0.1, 0.15) is 26.3 Å². The molecule has 0 bridgehead atoms. The first-order valence-corrected chi connectivity index (χ1v) is 5.18. The van der Waals surface area contributed by atoms with Crippen molar-refractivity contribution < 1.29 is 0 Å². The molecule has 0 fully saturated rings. The lowest BCUT2D eigenvalue weighted by Crippen LogP contribution is -2.26. The van der Waals surface area contributed by atoms with Crippen molar-refractivity contribution in [2.75, 3.05) is 5.32 Å². The van der Waals surface area contributed by atoms with Gasteiger partial charge in [0.15, 0.2) is 0 Å². The zero-order chi connectivity index (χ0) is 11.1. The number of hydrogen-bond acceptors (Lipinski definition) is 2. The molecule has 0 saturated heterocycles. The topological polar surface area (TPSA) is 29.3 Å². The first-order chi connectivity index (χ1) is 6.96. The molecule has 0 radical (unpaired) electrons. The van der Waals surface area contributed by atoms with Crippen molar-refractivity contribution in [3.05, 3.63) is 30.1 Å². The second-order valence-corrected chi connectivity index (χ2v) is 4.95. The van der Waals surface area contributed by atoms with Crippen molar-refractivity contribution in [1.82, 2.24) is 9.38 Å². The lowest BCUT2D eigenvalue weighted by Gasteiger charge is -2.21. The van der Waals surface area contributed by atoms with E-state index in [1.807, 2.05) is 12.3 Å². The summed E-state index contributed by atoms with van der Waals surface area (Å²) in [5, 5.41) is 3.43. The highest BCUT2D eigenvalue weighted by Crippen LogP contribution is 2.17. The van der Waals surface area contributed by atoms with E-state index < -0.39 is 0 Å². The summed E-state index contributed by atoms with van der Waals surface area (Å²) in [6.07, 6.45) is 3.97. The molecule has 1 N–H and O–H groups in total. The quantitative estimate of drug-likeness (QED) is 0.772. The Balaban J connectivity index is 2.48. The molecule has 15 heavy (non-hydrogen) atoms. The Kier molecular flexibility index (Phi) is 2.18. The average Bonchev–Trinajstić information content (AvgIpc) is 2.46. The molecule has 80 valence electrons. The number of fused-ring (bicyclic) bond motifs is 1. The Morgan fingerprint density at radius 2 is 2.00 bits per heavy atom. The van der Waals surface area contributed by atoms with E-state index in [0.717, 1.165) is 11.5 Å². The SMILES string of the molecule is Cc1ccc2ncc(NC(C)(C)C)n2c1. The van der Waals surface area contributed by atoms with Crippen LogP contribution in [0.5, 0.6) is 0 Å². The number of imidazole rings is 1. The van der Waals surface area contributed by atoms with E-state index in [-0.39, 0.29) is 5.54 Å². The minimum Gasteiger partial charge on any atom is -0.365 e. The summed E-state index contributed by atoms with van der Waals surface area (Å²) in [5.74, 6) is 1.04. The van der Waals surface area contributed by atoms with Gasteiger partial charge in [-0.1, -0.05) is 6.07 Å². The fourth-order valence-electron chi connectivity index (χ4n) is 1.56. The van der Waals surface area contributed by atoms with Crippen LogP contribution in [-0.2, 0) is 0 Å². The fourth-order valence-corrected chi connectivity index (χ4v) is 1.56. The standard InChI is InChI=1S/C12H17N3/c1-9-5-6-10-13-7-11(15(10)8-9)14-12(2,3)4/h5-8,14H,1-4H3. The minimum absolute atomic E-state index is 0.0553. The molecule has 0 aliphatic carbocycles. The summed E-state index contributed by atoms with van der Waals surface area (Å²) in [5.41, 5.74) is 2.27. The highest BCUT2D eigenvalue weighted by atomic mass is 15.1. The van der Waals surface area contributed by atoms with Crippen LogP contribution in [0, 0.1) is 6.92 Å². The fraction of sp³-hybridized carbons (Fsp3) is 0.417. The Labute approximate surface area is 90.1 Å². The molecule has 0 unspecified atom stereocenters. The number of anilines is 1. The molecular formula is C12H17N3. The maximum absolute atomic E-state index is 4.34. The molecule has 0 amide bonds. The molecule has 2 heterocycles. The monoisotopic (exact) mass is 203 g/mol. The van der Waals surface area contributed by atoms with Gasteiger partial charge in [-0.25, -0.2) is 4.98 Å². The summed E-state index contributed by atoms with van der Waals surface area (Å²) < 4.78 is 2.08. The van der Waals surface area contributed by atoms with Crippen molar-refractivity contribution in [2.45, 2.75) is 33.2 Å². The third-order valence-corrected chi connectivity index (χ3v) is 2.16. The van der Waals surface area contributed by atoms with E-state index in [2.05, 4.69) is 54.7 Å². The molecule has 0 atom stereocenters. The van der Waals surface area contributed by atoms with E-state index in [1.54, 1.807) is 0 Å². The minimum atomic E-state index is 0.0553. The van der Waals surface area contributed by atoms with Gasteiger partial charge in [0.2, 0.25) is 0 Å². The van der Waals surface area contributed by atoms with Crippen LogP contribution in [-0.4, -0.2) is 14.9 Å². The summed E-state index contributed by atoms with van der Waals surface area (Å²) >= 11 is 0. The molecule has 0 aliphatic rings. The van der Waals surface area contributed by atoms with Gasteiger partial charge in [0.05, 0.1) is 6.20 Å². The van der Waals surface area contributed by atoms with Crippen LogP contribution in [0.25, 0.3) is 5.65 Å². The van der Waals surface area contributed by atoms with Crippen LogP contribution in [0.15, 0.2) is 24.5 Å². The molecule has 3 heteroatoms. The highest BCUT2D eigenvalue weighted by Gasteiger charge is 2.12. The Morgan fingerprint density at radius 3 is 2.67 bits per heavy atom. The van der Waals surface area contributed by atoms with Gasteiger partial charge in [-0.15, -0.1) is 0 Å². The van der Waals surface area contributed by atoms with Crippen molar-refractivity contribution >= 4 is 11.5 Å². The molecule has 3 nitrogen and oxygen atoms in total. The van der Waals surface area contributed by atoms with Gasteiger partial charge in [0.1, 0.15) is 11.5 Å². The molecule has 2 rings (SSSR count). The Bertz CT molecular complexity index is 477. The third-order valence-electron chi connectivity index (χ3n) is 2.16. The smallest absolute Gasteiger partial charge is 0.138 e. The zero-order valence-corrected chi connectivity index (χ0v) is 9.70. The van der Waals surface area contributed by atoms with Gasteiger partial charge in [0.25, 0.3) is 0 Å². The number of pyridine rings is 1. The first kappa shape index (κ1) is 10.0. The van der Waals surface area contributed by atoms with E-state index in [9.17, 15) is 0 Å². The summed E-state index contributed by atoms with van der Waals surface area (Å²) in [7, 11) is 0. The van der Waals surface area contributed by atoms with Crippen molar-refractivity contribution in [3.63, 3.8) is 0 Å².